The van der Waals surface area contributed by atoms with Crippen molar-refractivity contribution in [3.05, 3.63) is 34.2 Å². The van der Waals surface area contributed by atoms with E-state index >= 15 is 0 Å². The molecule has 3 atom stereocenters. The molecule has 1 aliphatic carbocycles. The highest BCUT2D eigenvalue weighted by molar-refractivity contribution is 5.09. The van der Waals surface area contributed by atoms with Gasteiger partial charge in [-0.25, -0.2) is 0 Å². The molecule has 1 aromatic heterocycles. The van der Waals surface area contributed by atoms with Crippen molar-refractivity contribution in [2.75, 3.05) is 0 Å². The molecule has 1 heterocycles. The number of aliphatic hydroxyl groups is 1. The Bertz CT molecular complexity index is 438. The molecular weight excluding hydrogens is 214 g/mol. The fourth-order valence-electron chi connectivity index (χ4n) is 2.87. The van der Waals surface area contributed by atoms with E-state index in [4.69, 9.17) is 0 Å². The van der Waals surface area contributed by atoms with Crippen molar-refractivity contribution in [3.8, 4) is 0 Å². The van der Waals surface area contributed by atoms with Gasteiger partial charge in [0.25, 0.3) is 5.56 Å². The Labute approximate surface area is 102 Å². The fraction of sp³-hybridized carbons (Fsp3) is 0.643. The second-order valence-corrected chi connectivity index (χ2v) is 5.15. The first-order valence-corrected chi connectivity index (χ1v) is 6.48. The van der Waals surface area contributed by atoms with Gasteiger partial charge >= 0.3 is 0 Å². The third-order valence-corrected chi connectivity index (χ3v) is 3.91. The molecule has 0 spiro atoms. The van der Waals surface area contributed by atoms with Gasteiger partial charge in [0.1, 0.15) is 0 Å². The van der Waals surface area contributed by atoms with Crippen LogP contribution < -0.4 is 5.56 Å². The molecule has 1 aromatic rings. The standard InChI is InChI=1S/C14H21NO2/c1-3-11-4-5-12(16)9-13(11)15-7-6-10(2)8-14(15)17/h6-8,11-13,16H,3-5,9H2,1-2H3. The van der Waals surface area contributed by atoms with Crippen LogP contribution in [0.25, 0.3) is 0 Å². The lowest BCUT2D eigenvalue weighted by Gasteiger charge is -2.34. The molecule has 0 amide bonds. The molecule has 1 aliphatic rings. The highest BCUT2D eigenvalue weighted by atomic mass is 16.3. The molecule has 0 saturated heterocycles. The lowest BCUT2D eigenvalue weighted by molar-refractivity contribution is 0.0700. The molecule has 0 radical (unpaired) electrons. The third-order valence-electron chi connectivity index (χ3n) is 3.91. The summed E-state index contributed by atoms with van der Waals surface area (Å²) in [5.41, 5.74) is 1.05. The number of aliphatic hydroxyl groups excluding tert-OH is 1. The minimum absolute atomic E-state index is 0.0579. The van der Waals surface area contributed by atoms with Crippen molar-refractivity contribution >= 4 is 0 Å². The monoisotopic (exact) mass is 235 g/mol. The van der Waals surface area contributed by atoms with Crippen molar-refractivity contribution in [3.63, 3.8) is 0 Å². The van der Waals surface area contributed by atoms with Crippen molar-refractivity contribution in [1.82, 2.24) is 4.57 Å². The Balaban J connectivity index is 2.32. The third kappa shape index (κ3) is 2.60. The quantitative estimate of drug-likeness (QED) is 0.854. The number of aromatic nitrogens is 1. The zero-order chi connectivity index (χ0) is 12.4. The zero-order valence-electron chi connectivity index (χ0n) is 10.6. The van der Waals surface area contributed by atoms with Crippen LogP contribution in [0.5, 0.6) is 0 Å². The van der Waals surface area contributed by atoms with Crippen molar-refractivity contribution < 1.29 is 5.11 Å². The molecule has 2 rings (SSSR count). The molecule has 17 heavy (non-hydrogen) atoms. The first-order valence-electron chi connectivity index (χ1n) is 6.48. The van der Waals surface area contributed by atoms with E-state index in [9.17, 15) is 9.90 Å². The second-order valence-electron chi connectivity index (χ2n) is 5.15. The van der Waals surface area contributed by atoms with Crippen LogP contribution in [0, 0.1) is 12.8 Å². The number of aryl methyl sites for hydroxylation is 1. The maximum atomic E-state index is 12.0. The van der Waals surface area contributed by atoms with Crippen molar-refractivity contribution in [2.45, 2.75) is 51.7 Å². The van der Waals surface area contributed by atoms with Gasteiger partial charge in [-0.3, -0.25) is 4.79 Å². The van der Waals surface area contributed by atoms with E-state index < -0.39 is 0 Å². The van der Waals surface area contributed by atoms with E-state index in [0.29, 0.717) is 12.3 Å². The highest BCUT2D eigenvalue weighted by Gasteiger charge is 2.29. The van der Waals surface area contributed by atoms with Gasteiger partial charge in [-0.15, -0.1) is 0 Å². The SMILES string of the molecule is CCC1CCC(O)CC1n1ccc(C)cc1=O. The topological polar surface area (TPSA) is 42.2 Å². The Morgan fingerprint density at radius 3 is 2.88 bits per heavy atom. The van der Waals surface area contributed by atoms with Crippen LogP contribution in [-0.2, 0) is 0 Å². The summed E-state index contributed by atoms with van der Waals surface area (Å²) in [6.45, 7) is 4.09. The van der Waals surface area contributed by atoms with Gasteiger partial charge < -0.3 is 9.67 Å². The van der Waals surface area contributed by atoms with Crippen LogP contribution in [0.2, 0.25) is 0 Å². The Hall–Kier alpha value is -1.09. The highest BCUT2D eigenvalue weighted by Crippen LogP contribution is 2.35. The van der Waals surface area contributed by atoms with Crippen LogP contribution in [-0.4, -0.2) is 15.8 Å². The normalized spacial score (nSPS) is 29.2. The van der Waals surface area contributed by atoms with Crippen LogP contribution in [0.3, 0.4) is 0 Å². The van der Waals surface area contributed by atoms with Gasteiger partial charge in [0.15, 0.2) is 0 Å². The molecule has 3 unspecified atom stereocenters. The molecule has 3 heteroatoms. The maximum Gasteiger partial charge on any atom is 0.251 e. The molecule has 1 fully saturated rings. The summed E-state index contributed by atoms with van der Waals surface area (Å²) >= 11 is 0. The summed E-state index contributed by atoms with van der Waals surface area (Å²) in [6.07, 6.45) is 5.29. The molecule has 0 aromatic carbocycles. The average molecular weight is 235 g/mol. The number of hydrogen-bond donors (Lipinski definition) is 1. The van der Waals surface area contributed by atoms with Crippen LogP contribution in [0.4, 0.5) is 0 Å². The van der Waals surface area contributed by atoms with E-state index in [1.807, 2.05) is 23.8 Å². The summed E-state index contributed by atoms with van der Waals surface area (Å²) in [7, 11) is 0. The first kappa shape index (κ1) is 12.4. The average Bonchev–Trinajstić information content (AvgIpc) is 2.29. The number of rotatable bonds is 2. The summed E-state index contributed by atoms with van der Waals surface area (Å²) in [5.74, 6) is 0.513. The first-order chi connectivity index (χ1) is 8.11. The zero-order valence-corrected chi connectivity index (χ0v) is 10.6. The van der Waals surface area contributed by atoms with E-state index in [2.05, 4.69) is 6.92 Å². The minimum Gasteiger partial charge on any atom is -0.393 e. The number of hydrogen-bond acceptors (Lipinski definition) is 2. The van der Waals surface area contributed by atoms with Gasteiger partial charge in [-0.2, -0.15) is 0 Å². The fourth-order valence-corrected chi connectivity index (χ4v) is 2.87. The molecule has 3 nitrogen and oxygen atoms in total. The van der Waals surface area contributed by atoms with Gasteiger partial charge in [-0.05, 0) is 43.7 Å². The van der Waals surface area contributed by atoms with Crippen LogP contribution in [0.15, 0.2) is 23.1 Å². The smallest absolute Gasteiger partial charge is 0.251 e. The van der Waals surface area contributed by atoms with Gasteiger partial charge in [0.05, 0.1) is 6.10 Å². The number of pyridine rings is 1. The summed E-state index contributed by atoms with van der Waals surface area (Å²) in [5, 5.41) is 9.78. The van der Waals surface area contributed by atoms with E-state index in [1.54, 1.807) is 6.07 Å². The Morgan fingerprint density at radius 1 is 1.47 bits per heavy atom. The molecule has 0 bridgehead atoms. The molecule has 94 valence electrons. The van der Waals surface area contributed by atoms with E-state index in [1.165, 1.54) is 0 Å². The predicted octanol–water partition coefficient (Wildman–Crippen LogP) is 2.27. The lowest BCUT2D eigenvalue weighted by atomic mass is 9.81. The summed E-state index contributed by atoms with van der Waals surface area (Å²) in [4.78, 5) is 12.0. The van der Waals surface area contributed by atoms with Gasteiger partial charge in [0.2, 0.25) is 0 Å². The number of nitrogens with zero attached hydrogens (tertiary/aromatic N) is 1. The van der Waals surface area contributed by atoms with Crippen LogP contribution >= 0.6 is 0 Å². The second kappa shape index (κ2) is 5.05. The Morgan fingerprint density at radius 2 is 2.24 bits per heavy atom. The lowest BCUT2D eigenvalue weighted by Crippen LogP contribution is -2.35. The van der Waals surface area contributed by atoms with E-state index in [0.717, 1.165) is 24.8 Å². The summed E-state index contributed by atoms with van der Waals surface area (Å²) < 4.78 is 1.81. The van der Waals surface area contributed by atoms with Crippen molar-refractivity contribution in [1.29, 1.82) is 0 Å². The molecular formula is C14H21NO2. The van der Waals surface area contributed by atoms with Gasteiger partial charge in [-0.1, -0.05) is 13.3 Å². The summed E-state index contributed by atoms with van der Waals surface area (Å²) in [6, 6.07) is 3.81. The molecule has 0 aliphatic heterocycles. The molecule has 1 saturated carbocycles. The largest absolute Gasteiger partial charge is 0.393 e. The Kier molecular flexibility index (Phi) is 3.67. The van der Waals surface area contributed by atoms with Crippen LogP contribution in [0.1, 0.15) is 44.2 Å². The molecule has 1 N–H and O–H groups in total. The van der Waals surface area contributed by atoms with Gasteiger partial charge in [0, 0.05) is 18.3 Å². The van der Waals surface area contributed by atoms with Crippen molar-refractivity contribution in [2.24, 2.45) is 5.92 Å². The maximum absolute atomic E-state index is 12.0. The van der Waals surface area contributed by atoms with E-state index in [-0.39, 0.29) is 17.7 Å². The minimum atomic E-state index is -0.254. The predicted molar refractivity (Wildman–Crippen MR) is 68.1 cm³/mol.